The van der Waals surface area contributed by atoms with Crippen molar-refractivity contribution < 1.29 is 28.2 Å². The lowest BCUT2D eigenvalue weighted by molar-refractivity contribution is -0.137. The van der Waals surface area contributed by atoms with Gasteiger partial charge in [0.25, 0.3) is 5.91 Å². The smallest absolute Gasteiger partial charge is 0.349 e. The number of rotatable bonds is 6. The highest BCUT2D eigenvalue weighted by Gasteiger charge is 2.23. The van der Waals surface area contributed by atoms with Gasteiger partial charge in [-0.1, -0.05) is 12.1 Å². The van der Waals surface area contributed by atoms with Gasteiger partial charge in [-0.05, 0) is 12.1 Å². The summed E-state index contributed by atoms with van der Waals surface area (Å²) < 4.78 is 23.2. The number of methoxy groups -OCH3 is 1. The van der Waals surface area contributed by atoms with E-state index in [9.17, 15) is 18.8 Å². The van der Waals surface area contributed by atoms with Crippen molar-refractivity contribution in [3.05, 3.63) is 46.1 Å². The second-order valence-corrected chi connectivity index (χ2v) is 4.72. The zero-order valence-electron chi connectivity index (χ0n) is 12.2. The van der Waals surface area contributed by atoms with Crippen LogP contribution in [0.1, 0.15) is 10.4 Å². The Kier molecular flexibility index (Phi) is 5.07. The van der Waals surface area contributed by atoms with E-state index in [1.807, 2.05) is 0 Å². The van der Waals surface area contributed by atoms with Gasteiger partial charge in [-0.3, -0.25) is 9.59 Å². The van der Waals surface area contributed by atoms with Gasteiger partial charge >= 0.3 is 11.6 Å². The molecule has 0 aliphatic rings. The van der Waals surface area contributed by atoms with Crippen LogP contribution in [-0.2, 0) is 9.53 Å². The topological polar surface area (TPSA) is 97.1 Å². The Bertz CT molecular complexity index is 800. The van der Waals surface area contributed by atoms with Gasteiger partial charge in [-0.25, -0.2) is 9.18 Å². The first-order chi connectivity index (χ1) is 10.9. The second kappa shape index (κ2) is 7.01. The first-order valence-electron chi connectivity index (χ1n) is 6.66. The van der Waals surface area contributed by atoms with E-state index < -0.39 is 29.9 Å². The third kappa shape index (κ3) is 3.72. The fourth-order valence-corrected chi connectivity index (χ4v) is 2.05. The highest BCUT2D eigenvalue weighted by Crippen LogP contribution is 2.17. The number of hydrogen-bond donors (Lipinski definition) is 1. The predicted molar refractivity (Wildman–Crippen MR) is 77.9 cm³/mol. The minimum atomic E-state index is -1.23. The summed E-state index contributed by atoms with van der Waals surface area (Å²) in [4.78, 5) is 36.1. The molecule has 0 aliphatic carbocycles. The molecule has 0 saturated heterocycles. The molecule has 1 aromatic heterocycles. The van der Waals surface area contributed by atoms with Crippen LogP contribution in [0.2, 0.25) is 0 Å². The standard InChI is InChI=1S/C15H14FNO6/c1-22-6-5-17(8-12(18)19)14(20)10-7-9-3-2-4-11(16)13(9)23-15(10)21/h2-4,7H,5-6,8H2,1H3,(H,18,19). The van der Waals surface area contributed by atoms with Crippen LogP contribution >= 0.6 is 0 Å². The maximum atomic E-state index is 13.6. The van der Waals surface area contributed by atoms with E-state index in [4.69, 9.17) is 14.3 Å². The van der Waals surface area contributed by atoms with Crippen molar-refractivity contribution in [1.82, 2.24) is 4.90 Å². The number of ether oxygens (including phenoxy) is 1. The van der Waals surface area contributed by atoms with Crippen molar-refractivity contribution in [3.8, 4) is 0 Å². The zero-order valence-corrected chi connectivity index (χ0v) is 12.2. The molecule has 23 heavy (non-hydrogen) atoms. The number of carboxylic acid groups (broad SMARTS) is 1. The van der Waals surface area contributed by atoms with Crippen LogP contribution in [0.25, 0.3) is 11.0 Å². The van der Waals surface area contributed by atoms with Crippen LogP contribution in [0.3, 0.4) is 0 Å². The average molecular weight is 323 g/mol. The molecule has 0 unspecified atom stereocenters. The van der Waals surface area contributed by atoms with Crippen molar-refractivity contribution in [2.75, 3.05) is 26.8 Å². The number of aliphatic carboxylic acids is 1. The Morgan fingerprint density at radius 1 is 1.39 bits per heavy atom. The minimum absolute atomic E-state index is 0.0116. The van der Waals surface area contributed by atoms with Crippen LogP contribution in [0.4, 0.5) is 4.39 Å². The first-order valence-corrected chi connectivity index (χ1v) is 6.66. The van der Waals surface area contributed by atoms with Gasteiger partial charge < -0.3 is 19.2 Å². The van der Waals surface area contributed by atoms with Gasteiger partial charge in [0.15, 0.2) is 11.4 Å². The molecular formula is C15H14FNO6. The lowest BCUT2D eigenvalue weighted by atomic mass is 10.1. The van der Waals surface area contributed by atoms with Crippen molar-refractivity contribution in [2.24, 2.45) is 0 Å². The molecule has 0 atom stereocenters. The van der Waals surface area contributed by atoms with E-state index in [2.05, 4.69) is 0 Å². The van der Waals surface area contributed by atoms with Crippen molar-refractivity contribution in [2.45, 2.75) is 0 Å². The van der Waals surface area contributed by atoms with E-state index >= 15 is 0 Å². The number of hydrogen-bond acceptors (Lipinski definition) is 5. The molecule has 2 rings (SSSR count). The molecule has 0 bridgehead atoms. The van der Waals surface area contributed by atoms with Crippen LogP contribution in [0.5, 0.6) is 0 Å². The Morgan fingerprint density at radius 3 is 2.78 bits per heavy atom. The number of benzene rings is 1. The molecule has 0 saturated carbocycles. The van der Waals surface area contributed by atoms with Crippen LogP contribution in [0, 0.1) is 5.82 Å². The predicted octanol–water partition coefficient (Wildman–Crippen LogP) is 1.11. The maximum Gasteiger partial charge on any atom is 0.349 e. The molecule has 8 heteroatoms. The second-order valence-electron chi connectivity index (χ2n) is 4.72. The van der Waals surface area contributed by atoms with E-state index in [1.54, 1.807) is 0 Å². The Balaban J connectivity index is 2.43. The highest BCUT2D eigenvalue weighted by atomic mass is 19.1. The largest absolute Gasteiger partial charge is 0.480 e. The molecule has 122 valence electrons. The number of halogens is 1. The van der Waals surface area contributed by atoms with Gasteiger partial charge in [-0.2, -0.15) is 0 Å². The number of carbonyl (C=O) groups is 2. The summed E-state index contributed by atoms with van der Waals surface area (Å²) in [5, 5.41) is 9.10. The number of para-hydroxylation sites is 1. The molecule has 0 spiro atoms. The fraction of sp³-hybridized carbons (Fsp3) is 0.267. The fourth-order valence-electron chi connectivity index (χ4n) is 2.05. The minimum Gasteiger partial charge on any atom is -0.480 e. The lowest BCUT2D eigenvalue weighted by Crippen LogP contribution is -2.39. The number of carbonyl (C=O) groups excluding carboxylic acids is 1. The molecular weight excluding hydrogens is 309 g/mol. The summed E-state index contributed by atoms with van der Waals surface area (Å²) in [5.74, 6) is -2.77. The van der Waals surface area contributed by atoms with Crippen molar-refractivity contribution in [1.29, 1.82) is 0 Å². The molecule has 1 aromatic carbocycles. The Morgan fingerprint density at radius 2 is 2.13 bits per heavy atom. The van der Waals surface area contributed by atoms with Crippen molar-refractivity contribution >= 4 is 22.8 Å². The molecule has 1 N–H and O–H groups in total. The first kappa shape index (κ1) is 16.6. The summed E-state index contributed by atoms with van der Waals surface area (Å²) in [6.45, 7) is -0.502. The molecule has 0 aliphatic heterocycles. The zero-order chi connectivity index (χ0) is 17.0. The van der Waals surface area contributed by atoms with Gasteiger partial charge in [0.1, 0.15) is 12.1 Å². The monoisotopic (exact) mass is 323 g/mol. The summed E-state index contributed by atoms with van der Waals surface area (Å²) in [6, 6.07) is 5.21. The lowest BCUT2D eigenvalue weighted by Gasteiger charge is -2.19. The quantitative estimate of drug-likeness (QED) is 0.800. The third-order valence-corrected chi connectivity index (χ3v) is 3.12. The maximum absolute atomic E-state index is 13.6. The number of amides is 1. The Labute approximate surface area is 129 Å². The normalized spacial score (nSPS) is 10.7. The van der Waals surface area contributed by atoms with Gasteiger partial charge in [0.05, 0.1) is 6.61 Å². The van der Waals surface area contributed by atoms with E-state index in [-0.39, 0.29) is 29.7 Å². The molecule has 7 nitrogen and oxygen atoms in total. The van der Waals surface area contributed by atoms with E-state index in [1.165, 1.54) is 25.3 Å². The van der Waals surface area contributed by atoms with Crippen LogP contribution in [0.15, 0.2) is 33.5 Å². The average Bonchev–Trinajstić information content (AvgIpc) is 2.51. The number of fused-ring (bicyclic) bond motifs is 1. The summed E-state index contributed by atoms with van der Waals surface area (Å²) in [7, 11) is 1.40. The van der Waals surface area contributed by atoms with Gasteiger partial charge in [0.2, 0.25) is 0 Å². The summed E-state index contributed by atoms with van der Waals surface area (Å²) in [6.07, 6.45) is 0. The van der Waals surface area contributed by atoms with E-state index in [0.717, 1.165) is 11.0 Å². The van der Waals surface area contributed by atoms with Gasteiger partial charge in [0, 0.05) is 19.0 Å². The SMILES string of the molecule is COCCN(CC(=O)O)C(=O)c1cc2cccc(F)c2oc1=O. The molecule has 0 radical (unpaired) electrons. The molecule has 1 amide bonds. The van der Waals surface area contributed by atoms with Crippen molar-refractivity contribution in [3.63, 3.8) is 0 Å². The Hall–Kier alpha value is -2.74. The van der Waals surface area contributed by atoms with Gasteiger partial charge in [-0.15, -0.1) is 0 Å². The van der Waals surface area contributed by atoms with E-state index in [0.29, 0.717) is 0 Å². The summed E-state index contributed by atoms with van der Waals surface area (Å²) in [5.41, 5.74) is -1.64. The molecule has 2 aromatic rings. The number of carboxylic acids is 1. The van der Waals surface area contributed by atoms with Crippen LogP contribution in [-0.4, -0.2) is 48.7 Å². The third-order valence-electron chi connectivity index (χ3n) is 3.12. The number of nitrogens with zero attached hydrogens (tertiary/aromatic N) is 1. The molecule has 0 fully saturated rings. The highest BCUT2D eigenvalue weighted by molar-refractivity contribution is 5.98. The summed E-state index contributed by atoms with van der Waals surface area (Å²) >= 11 is 0. The molecule has 1 heterocycles. The van der Waals surface area contributed by atoms with Crippen LogP contribution < -0.4 is 5.63 Å².